The number of fused-ring (bicyclic) bond motifs is 1. The van der Waals surface area contributed by atoms with Crippen molar-refractivity contribution < 1.29 is 22.7 Å². The maximum absolute atomic E-state index is 13.8. The minimum absolute atomic E-state index is 0.0158. The summed E-state index contributed by atoms with van der Waals surface area (Å²) in [6.07, 6.45) is -3.81. The number of hydrogen-bond donors (Lipinski definition) is 0. The van der Waals surface area contributed by atoms with Gasteiger partial charge in [0.25, 0.3) is 0 Å². The Bertz CT molecular complexity index is 1520. The lowest BCUT2D eigenvalue weighted by Crippen LogP contribution is -2.55. The number of piperazine rings is 1. The van der Waals surface area contributed by atoms with Crippen LogP contribution in [0.2, 0.25) is 10.2 Å². The molecule has 0 aromatic carbocycles. The van der Waals surface area contributed by atoms with Crippen molar-refractivity contribution in [1.29, 1.82) is 0 Å². The van der Waals surface area contributed by atoms with Gasteiger partial charge in [0.2, 0.25) is 0 Å². The van der Waals surface area contributed by atoms with E-state index in [0.29, 0.717) is 17.5 Å². The van der Waals surface area contributed by atoms with Gasteiger partial charge in [0, 0.05) is 31.9 Å². The molecule has 1 amide bonds. The molecule has 4 heterocycles. The number of ether oxygens (including phenoxy) is 1. The predicted octanol–water partition coefficient (Wildman–Crippen LogP) is 5.90. The van der Waals surface area contributed by atoms with Gasteiger partial charge in [-0.15, -0.1) is 0 Å². The zero-order valence-corrected chi connectivity index (χ0v) is 24.3. The van der Waals surface area contributed by atoms with Crippen molar-refractivity contribution in [3.63, 3.8) is 0 Å². The van der Waals surface area contributed by atoms with Gasteiger partial charge in [-0.25, -0.2) is 19.1 Å². The summed E-state index contributed by atoms with van der Waals surface area (Å²) in [4.78, 5) is 42.3. The summed E-state index contributed by atoms with van der Waals surface area (Å²) in [6, 6.07) is 2.68. The summed E-state index contributed by atoms with van der Waals surface area (Å²) in [6.45, 7) is 10.6. The van der Waals surface area contributed by atoms with Crippen molar-refractivity contribution >= 4 is 46.1 Å². The van der Waals surface area contributed by atoms with E-state index in [1.54, 1.807) is 32.6 Å². The molecule has 1 fully saturated rings. The Morgan fingerprint density at radius 2 is 1.85 bits per heavy atom. The number of carbonyl (C=O) groups excluding carboxylic acids is 1. The van der Waals surface area contributed by atoms with Gasteiger partial charge in [0.15, 0.2) is 5.65 Å². The predicted molar refractivity (Wildman–Crippen MR) is 147 cm³/mol. The van der Waals surface area contributed by atoms with E-state index in [9.17, 15) is 22.8 Å². The van der Waals surface area contributed by atoms with Crippen LogP contribution in [0.5, 0.6) is 0 Å². The lowest BCUT2D eigenvalue weighted by atomic mass is 10.0. The summed E-state index contributed by atoms with van der Waals surface area (Å²) in [5.74, 6) is -1.75. The Hall–Kier alpha value is -3.12. The smallest absolute Gasteiger partial charge is 0.410 e. The van der Waals surface area contributed by atoms with Crippen LogP contribution in [-0.2, 0) is 4.74 Å². The Kier molecular flexibility index (Phi) is 7.98. The first-order chi connectivity index (χ1) is 18.5. The maximum atomic E-state index is 13.8. The van der Waals surface area contributed by atoms with Gasteiger partial charge in [0.05, 0.1) is 27.7 Å². The number of hydrogen-bond acceptors (Lipinski definition) is 7. The number of alkyl halides is 3. The van der Waals surface area contributed by atoms with Crippen LogP contribution in [0.15, 0.2) is 23.1 Å². The minimum atomic E-state index is -4.61. The topological polar surface area (TPSA) is 93.5 Å². The quantitative estimate of drug-likeness (QED) is 0.345. The number of carbonyl (C=O) groups is 1. The van der Waals surface area contributed by atoms with Crippen LogP contribution in [0, 0.1) is 6.92 Å². The maximum Gasteiger partial charge on any atom is 0.410 e. The molecule has 1 saturated heterocycles. The molecular formula is C26H29Cl2F3N6O3. The van der Waals surface area contributed by atoms with E-state index in [1.807, 2.05) is 11.8 Å². The molecule has 40 heavy (non-hydrogen) atoms. The van der Waals surface area contributed by atoms with E-state index in [1.165, 1.54) is 18.3 Å². The molecule has 0 radical (unpaired) electrons. The van der Waals surface area contributed by atoms with Crippen molar-refractivity contribution in [2.75, 3.05) is 24.5 Å². The molecule has 216 valence electrons. The summed E-state index contributed by atoms with van der Waals surface area (Å²) >= 11 is 12.6. The summed E-state index contributed by atoms with van der Waals surface area (Å²) in [5.41, 5.74) is -1.59. The fourth-order valence-corrected chi connectivity index (χ4v) is 4.89. The van der Waals surface area contributed by atoms with Gasteiger partial charge in [-0.1, -0.05) is 23.2 Å². The molecule has 0 spiro atoms. The number of pyridine rings is 2. The van der Waals surface area contributed by atoms with E-state index in [-0.39, 0.29) is 52.2 Å². The molecule has 3 aromatic heterocycles. The van der Waals surface area contributed by atoms with Crippen LogP contribution >= 0.6 is 23.2 Å². The molecule has 14 heteroatoms. The van der Waals surface area contributed by atoms with E-state index in [4.69, 9.17) is 27.9 Å². The second-order valence-electron chi connectivity index (χ2n) is 10.8. The zero-order chi connectivity index (χ0) is 29.7. The van der Waals surface area contributed by atoms with Crippen molar-refractivity contribution in [2.24, 2.45) is 0 Å². The van der Waals surface area contributed by atoms with Crippen LogP contribution in [0.4, 0.5) is 23.8 Å². The van der Waals surface area contributed by atoms with Crippen LogP contribution < -0.4 is 10.6 Å². The standard InChI is InChI=1S/C26H29Cl2F3N6O3/c1-13-7-8-32-18(15(3)26(29,30)31)19(13)37-22-16(11-17(27)20(28)33-22)21(34-23(37)38)36-10-9-35(12-14(36)2)24(39)40-25(4,5)6/h7-8,11,14-15H,9-10,12H2,1-6H3/t14-,15?/m0/s1. The van der Waals surface area contributed by atoms with Crippen molar-refractivity contribution in [2.45, 2.75) is 65.3 Å². The lowest BCUT2D eigenvalue weighted by Gasteiger charge is -2.41. The minimum Gasteiger partial charge on any atom is -0.444 e. The molecule has 1 aliphatic heterocycles. The van der Waals surface area contributed by atoms with Gasteiger partial charge < -0.3 is 14.5 Å². The molecule has 4 rings (SSSR count). The first kappa shape index (κ1) is 29.9. The number of aryl methyl sites for hydroxylation is 1. The highest BCUT2D eigenvalue weighted by molar-refractivity contribution is 6.41. The van der Waals surface area contributed by atoms with Crippen molar-refractivity contribution in [1.82, 2.24) is 24.4 Å². The first-order valence-corrected chi connectivity index (χ1v) is 13.3. The van der Waals surface area contributed by atoms with E-state index in [2.05, 4.69) is 15.0 Å². The summed E-state index contributed by atoms with van der Waals surface area (Å²) in [5, 5.41) is 0.254. The molecule has 0 bridgehead atoms. The monoisotopic (exact) mass is 600 g/mol. The van der Waals surface area contributed by atoms with Gasteiger partial charge >= 0.3 is 18.0 Å². The average Bonchev–Trinajstić information content (AvgIpc) is 2.83. The van der Waals surface area contributed by atoms with Gasteiger partial charge in [-0.05, 0) is 59.2 Å². The van der Waals surface area contributed by atoms with Crippen LogP contribution in [0.1, 0.15) is 51.8 Å². The Morgan fingerprint density at radius 3 is 2.45 bits per heavy atom. The normalized spacial score (nSPS) is 17.3. The fraction of sp³-hybridized carbons (Fsp3) is 0.500. The molecule has 9 nitrogen and oxygen atoms in total. The van der Waals surface area contributed by atoms with Crippen LogP contribution in [-0.4, -0.2) is 68.0 Å². The molecule has 0 saturated carbocycles. The van der Waals surface area contributed by atoms with Crippen molar-refractivity contribution in [3.05, 3.63) is 50.2 Å². The van der Waals surface area contributed by atoms with E-state index < -0.39 is 29.5 Å². The zero-order valence-electron chi connectivity index (χ0n) is 22.8. The Balaban J connectivity index is 1.87. The van der Waals surface area contributed by atoms with E-state index >= 15 is 0 Å². The number of halogens is 5. The van der Waals surface area contributed by atoms with Crippen LogP contribution in [0.3, 0.4) is 0 Å². The second kappa shape index (κ2) is 10.7. The molecule has 1 aliphatic rings. The Morgan fingerprint density at radius 1 is 1.18 bits per heavy atom. The molecule has 0 N–H and O–H groups in total. The molecule has 1 unspecified atom stereocenters. The SMILES string of the molecule is Cc1ccnc(C(C)C(F)(F)F)c1-n1c(=O)nc(N2CCN(C(=O)OC(C)(C)C)C[C@@H]2C)c2cc(Cl)c(Cl)nc21. The first-order valence-electron chi connectivity index (χ1n) is 12.6. The molecule has 0 aliphatic carbocycles. The van der Waals surface area contributed by atoms with Crippen LogP contribution in [0.25, 0.3) is 16.7 Å². The Labute approximate surface area is 238 Å². The second-order valence-corrected chi connectivity index (χ2v) is 11.5. The lowest BCUT2D eigenvalue weighted by molar-refractivity contribution is -0.147. The highest BCUT2D eigenvalue weighted by Crippen LogP contribution is 2.38. The highest BCUT2D eigenvalue weighted by atomic mass is 35.5. The van der Waals surface area contributed by atoms with Gasteiger partial charge in [-0.3, -0.25) is 4.98 Å². The van der Waals surface area contributed by atoms with Gasteiger partial charge in [0.1, 0.15) is 16.6 Å². The number of rotatable bonds is 3. The van der Waals surface area contributed by atoms with Gasteiger partial charge in [-0.2, -0.15) is 18.2 Å². The average molecular weight is 601 g/mol. The van der Waals surface area contributed by atoms with Crippen molar-refractivity contribution in [3.8, 4) is 5.69 Å². The summed E-state index contributed by atoms with van der Waals surface area (Å²) in [7, 11) is 0. The molecular weight excluding hydrogens is 572 g/mol. The van der Waals surface area contributed by atoms with E-state index in [0.717, 1.165) is 11.5 Å². The fourth-order valence-electron chi connectivity index (χ4n) is 4.60. The molecule has 2 atom stereocenters. The highest BCUT2D eigenvalue weighted by Gasteiger charge is 2.40. The third-order valence-corrected chi connectivity index (χ3v) is 7.26. The third kappa shape index (κ3) is 5.83. The molecule has 3 aromatic rings. The largest absolute Gasteiger partial charge is 0.444 e. The number of anilines is 1. The number of aromatic nitrogens is 4. The number of nitrogens with zero attached hydrogens (tertiary/aromatic N) is 6. The third-order valence-electron chi connectivity index (χ3n) is 6.59. The number of amides is 1. The summed E-state index contributed by atoms with van der Waals surface area (Å²) < 4.78 is 47.8.